The molecular formula is C19H23FN11O8PS. The maximum absolute atomic E-state index is 15.3. The second kappa shape index (κ2) is 10.5. The zero-order valence-electron chi connectivity index (χ0n) is 20.7. The first kappa shape index (κ1) is 27.8. The number of nitrogens with zero attached hydrogens (tertiary/aromatic N) is 8. The van der Waals surface area contributed by atoms with Crippen molar-refractivity contribution in [2.45, 2.75) is 49.3 Å². The molecule has 1 unspecified atom stereocenters. The molecule has 4 aromatic heterocycles. The van der Waals surface area contributed by atoms with Crippen LogP contribution in [0.1, 0.15) is 24.3 Å². The fourth-order valence-corrected chi connectivity index (χ4v) is 6.14. The number of rotatable bonds is 8. The van der Waals surface area contributed by atoms with Crippen molar-refractivity contribution in [2.75, 3.05) is 24.7 Å². The summed E-state index contributed by atoms with van der Waals surface area (Å²) in [6.45, 7) is -5.58. The number of H-pyrrole nitrogens is 1. The molecule has 2 saturated heterocycles. The molecule has 0 aromatic carbocycles. The quantitative estimate of drug-likeness (QED) is 0.0990. The molecule has 0 amide bonds. The Morgan fingerprint density at radius 1 is 1.27 bits per heavy atom. The standard InChI is InChI=1S/C19H23FN11O8PS/c20-11-9(3-32)38-17(30-15-12(28-29-30)16(34)27-18(21)26-15)13(11)39-40(35,41)36-4-10-7(33)1-8(37-10)6-2-25-31-14(6)23-5-24-19(31)22/h2,5,7-11,13,17,32-33H,1,3-4H2,(H,35,41)(H2,22,23,24)(H3,21,26,27,34)/t7-,8+,9+,10+,11-,13+,17+,40?/m0/s1. The third-order valence-electron chi connectivity index (χ3n) is 6.62. The van der Waals surface area contributed by atoms with Crippen LogP contribution in [0.5, 0.6) is 0 Å². The first-order valence-electron chi connectivity index (χ1n) is 12.0. The summed E-state index contributed by atoms with van der Waals surface area (Å²) in [6.07, 6.45) is -6.43. The lowest BCUT2D eigenvalue weighted by atomic mass is 10.1. The summed E-state index contributed by atoms with van der Waals surface area (Å²) in [5.74, 6) is -0.157. The van der Waals surface area contributed by atoms with Crippen molar-refractivity contribution in [2.24, 2.45) is 0 Å². The molecule has 2 aliphatic rings. The van der Waals surface area contributed by atoms with Gasteiger partial charge in [0.2, 0.25) is 11.9 Å². The molecule has 41 heavy (non-hydrogen) atoms. The minimum atomic E-state index is -4.37. The number of fused-ring (bicyclic) bond motifs is 2. The van der Waals surface area contributed by atoms with Gasteiger partial charge in [-0.25, -0.2) is 18.9 Å². The molecule has 0 spiro atoms. The van der Waals surface area contributed by atoms with Gasteiger partial charge in [0, 0.05) is 12.0 Å². The summed E-state index contributed by atoms with van der Waals surface area (Å²) < 4.78 is 52.9. The van der Waals surface area contributed by atoms with Crippen molar-refractivity contribution < 1.29 is 37.7 Å². The molecule has 2 aliphatic heterocycles. The monoisotopic (exact) mass is 615 g/mol. The molecule has 0 radical (unpaired) electrons. The second-order valence-corrected chi connectivity index (χ2v) is 12.1. The molecule has 6 rings (SSSR count). The summed E-state index contributed by atoms with van der Waals surface area (Å²) in [7, 11) is 0. The Labute approximate surface area is 232 Å². The Kier molecular flexibility index (Phi) is 7.14. The number of hydrogen-bond donors (Lipinski definition) is 6. The number of aromatic nitrogens is 9. The topological polar surface area (TPSA) is 266 Å². The predicted octanol–water partition coefficient (Wildman–Crippen LogP) is -1.32. The van der Waals surface area contributed by atoms with Gasteiger partial charge in [-0.15, -0.1) is 5.10 Å². The number of nitrogen functional groups attached to an aromatic ring is 2. The average molecular weight is 616 g/mol. The van der Waals surface area contributed by atoms with Gasteiger partial charge >= 0.3 is 6.80 Å². The highest BCUT2D eigenvalue weighted by Crippen LogP contribution is 2.57. The lowest BCUT2D eigenvalue weighted by Crippen LogP contribution is -2.32. The number of halogens is 1. The van der Waals surface area contributed by atoms with Crippen LogP contribution in [0.3, 0.4) is 0 Å². The summed E-state index contributed by atoms with van der Waals surface area (Å²) in [6, 6.07) is 0. The van der Waals surface area contributed by atoms with Gasteiger partial charge < -0.3 is 31.2 Å². The second-order valence-electron chi connectivity index (χ2n) is 9.22. The van der Waals surface area contributed by atoms with E-state index in [4.69, 9.17) is 30.0 Å². The van der Waals surface area contributed by atoms with Crippen molar-refractivity contribution >= 4 is 47.8 Å². The van der Waals surface area contributed by atoms with E-state index in [2.05, 4.69) is 47.6 Å². The number of aromatic amines is 1. The lowest BCUT2D eigenvalue weighted by Gasteiger charge is -2.24. The van der Waals surface area contributed by atoms with Crippen LogP contribution in [0.15, 0.2) is 17.3 Å². The lowest BCUT2D eigenvalue weighted by molar-refractivity contribution is -0.0552. The van der Waals surface area contributed by atoms with E-state index in [-0.39, 0.29) is 29.5 Å². The molecule has 6 heterocycles. The van der Waals surface area contributed by atoms with E-state index >= 15 is 4.39 Å². The number of ether oxygens (including phenoxy) is 2. The summed E-state index contributed by atoms with van der Waals surface area (Å²) in [5, 5.41) is 31.8. The summed E-state index contributed by atoms with van der Waals surface area (Å²) in [5.41, 5.74) is 11.2. The average Bonchev–Trinajstić information content (AvgIpc) is 3.69. The van der Waals surface area contributed by atoms with Crippen LogP contribution >= 0.6 is 19.0 Å². The van der Waals surface area contributed by atoms with E-state index in [9.17, 15) is 19.6 Å². The summed E-state index contributed by atoms with van der Waals surface area (Å²) in [4.78, 5) is 26.3. The number of nitrogens with one attached hydrogen (secondary N) is 1. The third kappa shape index (κ3) is 5.03. The molecule has 0 saturated carbocycles. The Balaban J connectivity index is 1.17. The molecule has 220 valence electrons. The number of thiol groups is 1. The van der Waals surface area contributed by atoms with Crippen LogP contribution in [0.4, 0.5) is 16.3 Å². The van der Waals surface area contributed by atoms with Gasteiger partial charge in [0.15, 0.2) is 29.2 Å². The zero-order valence-corrected chi connectivity index (χ0v) is 22.5. The Morgan fingerprint density at radius 3 is 2.85 bits per heavy atom. The van der Waals surface area contributed by atoms with E-state index < -0.39 is 68.5 Å². The Hall–Kier alpha value is -3.30. The minimum Gasteiger partial charge on any atom is -0.394 e. The van der Waals surface area contributed by atoms with Gasteiger partial charge in [-0.2, -0.15) is 19.3 Å². The fourth-order valence-electron chi connectivity index (χ4n) is 4.69. The van der Waals surface area contributed by atoms with Crippen molar-refractivity contribution in [3.63, 3.8) is 0 Å². The molecule has 7 N–H and O–H groups in total. The van der Waals surface area contributed by atoms with Gasteiger partial charge in [0.05, 0.1) is 31.6 Å². The molecule has 0 bridgehead atoms. The molecule has 2 fully saturated rings. The van der Waals surface area contributed by atoms with Crippen LogP contribution in [0.25, 0.3) is 16.8 Å². The number of aliphatic hydroxyl groups is 2. The normalized spacial score (nSPS) is 29.9. The maximum Gasteiger partial charge on any atom is 0.386 e. The van der Waals surface area contributed by atoms with E-state index in [0.717, 1.165) is 4.68 Å². The van der Waals surface area contributed by atoms with E-state index in [0.29, 0.717) is 11.2 Å². The molecule has 8 atom stereocenters. The number of anilines is 2. The Morgan fingerprint density at radius 2 is 2.07 bits per heavy atom. The SMILES string of the molecule is Nc1nc2c(nnn2[C@@H]2O[C@H](CO)[C@H](F)[C@H]2OP(=O)(S)OC[C@H]2O[C@@H](c3cnn4c(N)ncnc34)C[C@@H]2O)c(=O)[nH]1. The number of alkyl halides is 1. The minimum absolute atomic E-state index is 0.113. The number of nitrogens with two attached hydrogens (primary N) is 2. The van der Waals surface area contributed by atoms with Crippen LogP contribution in [-0.4, -0.2) is 98.6 Å². The van der Waals surface area contributed by atoms with Crippen LogP contribution in [0.2, 0.25) is 0 Å². The van der Waals surface area contributed by atoms with Gasteiger partial charge in [-0.3, -0.25) is 18.8 Å². The van der Waals surface area contributed by atoms with Crippen molar-refractivity contribution in [3.05, 3.63) is 28.4 Å². The fraction of sp³-hybridized carbons (Fsp3) is 0.526. The van der Waals surface area contributed by atoms with Gasteiger partial charge in [0.25, 0.3) is 5.56 Å². The van der Waals surface area contributed by atoms with Gasteiger partial charge in [-0.05, 0) is 0 Å². The van der Waals surface area contributed by atoms with Crippen LogP contribution in [0, 0.1) is 0 Å². The molecule has 19 nitrogen and oxygen atoms in total. The van der Waals surface area contributed by atoms with E-state index in [1.807, 2.05) is 0 Å². The highest BCUT2D eigenvalue weighted by Gasteiger charge is 2.51. The highest BCUT2D eigenvalue weighted by atomic mass is 32.7. The zero-order chi connectivity index (χ0) is 29.1. The van der Waals surface area contributed by atoms with E-state index in [1.54, 1.807) is 0 Å². The Bertz CT molecular complexity index is 1700. The molecule has 22 heteroatoms. The first-order valence-corrected chi connectivity index (χ1v) is 14.7. The van der Waals surface area contributed by atoms with Crippen LogP contribution in [-0.2, 0) is 23.1 Å². The smallest absolute Gasteiger partial charge is 0.386 e. The number of hydrogen-bond acceptors (Lipinski definition) is 16. The van der Waals surface area contributed by atoms with E-state index in [1.165, 1.54) is 17.0 Å². The van der Waals surface area contributed by atoms with Crippen molar-refractivity contribution in [1.82, 2.24) is 44.5 Å². The van der Waals surface area contributed by atoms with Gasteiger partial charge in [-0.1, -0.05) is 17.5 Å². The van der Waals surface area contributed by atoms with Crippen LogP contribution < -0.4 is 17.0 Å². The highest BCUT2D eigenvalue weighted by molar-refractivity contribution is 8.44. The molecular weight excluding hydrogens is 592 g/mol. The number of aliphatic hydroxyl groups excluding tert-OH is 2. The largest absolute Gasteiger partial charge is 0.394 e. The molecule has 0 aliphatic carbocycles. The first-order chi connectivity index (χ1) is 19.6. The van der Waals surface area contributed by atoms with Crippen molar-refractivity contribution in [3.8, 4) is 0 Å². The molecule has 4 aromatic rings. The summed E-state index contributed by atoms with van der Waals surface area (Å²) >= 11 is 3.96. The van der Waals surface area contributed by atoms with Gasteiger partial charge in [0.1, 0.15) is 24.6 Å². The van der Waals surface area contributed by atoms with Crippen molar-refractivity contribution in [1.29, 1.82) is 0 Å². The third-order valence-corrected chi connectivity index (χ3v) is 8.24. The predicted molar refractivity (Wildman–Crippen MR) is 137 cm³/mol. The maximum atomic E-state index is 15.3.